The first-order valence-electron chi connectivity index (χ1n) is 6.96. The van der Waals surface area contributed by atoms with Crippen molar-refractivity contribution in [1.29, 1.82) is 0 Å². The molecule has 4 heteroatoms. The topological polar surface area (TPSA) is 55.6 Å². The van der Waals surface area contributed by atoms with Gasteiger partial charge < -0.3 is 15.4 Å². The molecule has 1 fully saturated rings. The van der Waals surface area contributed by atoms with Crippen LogP contribution in [-0.4, -0.2) is 31.7 Å². The molecule has 1 aromatic rings. The lowest BCUT2D eigenvalue weighted by molar-refractivity contribution is -0.133. The molecule has 4 nitrogen and oxygen atoms in total. The van der Waals surface area contributed by atoms with E-state index < -0.39 is 6.10 Å². The van der Waals surface area contributed by atoms with Crippen molar-refractivity contribution < 1.29 is 9.53 Å². The van der Waals surface area contributed by atoms with Gasteiger partial charge in [-0.1, -0.05) is 32.0 Å². The molecule has 0 spiro atoms. The molecule has 2 N–H and O–H groups in total. The van der Waals surface area contributed by atoms with Crippen LogP contribution >= 0.6 is 0 Å². The summed E-state index contributed by atoms with van der Waals surface area (Å²) in [5.74, 6) is -0.00986. The molecule has 19 heavy (non-hydrogen) atoms. The Kier molecular flexibility index (Phi) is 4.56. The maximum atomic E-state index is 12.4. The molecule has 1 amide bonds. The third-order valence-corrected chi connectivity index (χ3v) is 3.62. The maximum absolute atomic E-state index is 12.4. The summed E-state index contributed by atoms with van der Waals surface area (Å²) in [7, 11) is 0. The predicted molar refractivity (Wildman–Crippen MR) is 76.3 cm³/mol. The van der Waals surface area contributed by atoms with E-state index in [0.717, 1.165) is 18.5 Å². The molecule has 1 atom stereocenters. The fraction of sp³-hybridized carbons (Fsp3) is 0.533. The number of amides is 1. The summed E-state index contributed by atoms with van der Waals surface area (Å²) >= 11 is 0. The van der Waals surface area contributed by atoms with Crippen LogP contribution in [0.3, 0.4) is 0 Å². The zero-order valence-electron chi connectivity index (χ0n) is 11.7. The number of carbonyl (C=O) groups excluding carboxylic acids is 1. The Balaban J connectivity index is 2.42. The highest BCUT2D eigenvalue weighted by atomic mass is 16.5. The van der Waals surface area contributed by atoms with E-state index in [2.05, 4.69) is 32.0 Å². The number of hydrogen-bond acceptors (Lipinski definition) is 3. The Morgan fingerprint density at radius 2 is 1.95 bits per heavy atom. The molecule has 1 aliphatic heterocycles. The van der Waals surface area contributed by atoms with E-state index in [1.54, 1.807) is 0 Å². The molecule has 1 aliphatic rings. The Morgan fingerprint density at radius 3 is 2.47 bits per heavy atom. The van der Waals surface area contributed by atoms with E-state index >= 15 is 0 Å². The quantitative estimate of drug-likeness (QED) is 0.894. The van der Waals surface area contributed by atoms with Crippen LogP contribution in [0.1, 0.15) is 25.0 Å². The maximum Gasteiger partial charge on any atom is 0.257 e. The largest absolute Gasteiger partial charge is 0.365 e. The third-order valence-electron chi connectivity index (χ3n) is 3.62. The van der Waals surface area contributed by atoms with Gasteiger partial charge in [0.2, 0.25) is 0 Å². The van der Waals surface area contributed by atoms with E-state index in [1.807, 2.05) is 4.90 Å². The van der Waals surface area contributed by atoms with E-state index in [1.165, 1.54) is 11.1 Å². The second kappa shape index (κ2) is 6.17. The molecular formula is C15H22N2O2. The van der Waals surface area contributed by atoms with Gasteiger partial charge in [0.15, 0.2) is 0 Å². The van der Waals surface area contributed by atoms with E-state index in [9.17, 15) is 4.79 Å². The van der Waals surface area contributed by atoms with Crippen molar-refractivity contribution in [3.05, 3.63) is 29.3 Å². The minimum Gasteiger partial charge on any atom is -0.365 e. The summed E-state index contributed by atoms with van der Waals surface area (Å²) < 4.78 is 5.42. The van der Waals surface area contributed by atoms with E-state index in [0.29, 0.717) is 13.2 Å². The molecule has 0 aromatic heterocycles. The number of nitrogens with zero attached hydrogens (tertiary/aromatic N) is 1. The van der Waals surface area contributed by atoms with Crippen molar-refractivity contribution in [3.8, 4) is 0 Å². The first-order chi connectivity index (χ1) is 9.22. The minimum absolute atomic E-state index is 0.00986. The molecule has 1 aromatic carbocycles. The van der Waals surface area contributed by atoms with Crippen molar-refractivity contribution in [2.75, 3.05) is 24.6 Å². The first kappa shape index (κ1) is 14.0. The SMILES string of the molecule is CCc1cccc(CC)c1N1CCOC(CN)C1=O. The highest BCUT2D eigenvalue weighted by molar-refractivity contribution is 5.98. The van der Waals surface area contributed by atoms with Crippen LogP contribution in [0.2, 0.25) is 0 Å². The number of hydrogen-bond donors (Lipinski definition) is 1. The van der Waals surface area contributed by atoms with Crippen LogP contribution < -0.4 is 10.6 Å². The van der Waals surface area contributed by atoms with Crippen LogP contribution in [0.25, 0.3) is 0 Å². The number of anilines is 1. The molecule has 1 unspecified atom stereocenters. The van der Waals surface area contributed by atoms with Gasteiger partial charge in [-0.05, 0) is 24.0 Å². The van der Waals surface area contributed by atoms with E-state index in [4.69, 9.17) is 10.5 Å². The fourth-order valence-corrected chi connectivity index (χ4v) is 2.59. The first-order valence-corrected chi connectivity index (χ1v) is 6.96. The van der Waals surface area contributed by atoms with E-state index in [-0.39, 0.29) is 12.5 Å². The molecule has 1 saturated heterocycles. The number of benzene rings is 1. The average Bonchev–Trinajstić information content (AvgIpc) is 2.46. The van der Waals surface area contributed by atoms with Gasteiger partial charge >= 0.3 is 0 Å². The van der Waals surface area contributed by atoms with Gasteiger partial charge in [0.05, 0.1) is 12.3 Å². The highest BCUT2D eigenvalue weighted by Gasteiger charge is 2.31. The molecular weight excluding hydrogens is 240 g/mol. The molecule has 2 rings (SSSR count). The summed E-state index contributed by atoms with van der Waals surface area (Å²) in [6, 6.07) is 6.25. The fourth-order valence-electron chi connectivity index (χ4n) is 2.59. The number of para-hydroxylation sites is 1. The van der Waals surface area contributed by atoms with Gasteiger partial charge in [0.1, 0.15) is 6.10 Å². The van der Waals surface area contributed by atoms with Gasteiger partial charge in [-0.25, -0.2) is 0 Å². The van der Waals surface area contributed by atoms with Crippen LogP contribution in [0.5, 0.6) is 0 Å². The van der Waals surface area contributed by atoms with Gasteiger partial charge in [-0.2, -0.15) is 0 Å². The number of nitrogens with two attached hydrogens (primary N) is 1. The summed E-state index contributed by atoms with van der Waals surface area (Å²) in [6.07, 6.45) is 1.34. The van der Waals surface area contributed by atoms with Gasteiger partial charge in [-0.15, -0.1) is 0 Å². The molecule has 0 radical (unpaired) electrons. The van der Waals surface area contributed by atoms with Gasteiger partial charge in [0.25, 0.3) is 5.91 Å². The smallest absolute Gasteiger partial charge is 0.257 e. The standard InChI is InChI=1S/C15H22N2O2/c1-3-11-6-5-7-12(4-2)14(11)17-8-9-19-13(10-16)15(17)18/h5-7,13H,3-4,8-10,16H2,1-2H3. The highest BCUT2D eigenvalue weighted by Crippen LogP contribution is 2.29. The molecule has 0 saturated carbocycles. The lowest BCUT2D eigenvalue weighted by atomic mass is 10.0. The summed E-state index contributed by atoms with van der Waals surface area (Å²) in [6.45, 7) is 5.63. The lowest BCUT2D eigenvalue weighted by Crippen LogP contribution is -2.51. The number of carbonyl (C=O) groups is 1. The van der Waals surface area contributed by atoms with Crippen LogP contribution in [0.4, 0.5) is 5.69 Å². The number of morpholine rings is 1. The number of aryl methyl sites for hydroxylation is 2. The molecule has 1 heterocycles. The third kappa shape index (κ3) is 2.65. The second-order valence-electron chi connectivity index (χ2n) is 4.72. The lowest BCUT2D eigenvalue weighted by Gasteiger charge is -2.34. The Morgan fingerprint density at radius 1 is 1.32 bits per heavy atom. The van der Waals surface area contributed by atoms with Gasteiger partial charge in [-0.3, -0.25) is 4.79 Å². The van der Waals surface area contributed by atoms with Crippen molar-refractivity contribution in [1.82, 2.24) is 0 Å². The van der Waals surface area contributed by atoms with Crippen molar-refractivity contribution in [3.63, 3.8) is 0 Å². The van der Waals surface area contributed by atoms with Crippen molar-refractivity contribution >= 4 is 11.6 Å². The predicted octanol–water partition coefficient (Wildman–Crippen LogP) is 1.50. The summed E-state index contributed by atoms with van der Waals surface area (Å²) in [5, 5.41) is 0. The van der Waals surface area contributed by atoms with Crippen molar-refractivity contribution in [2.24, 2.45) is 5.73 Å². The number of ether oxygens (including phenoxy) is 1. The van der Waals surface area contributed by atoms with Crippen LogP contribution in [-0.2, 0) is 22.4 Å². The monoisotopic (exact) mass is 262 g/mol. The minimum atomic E-state index is -0.497. The normalized spacial score (nSPS) is 19.8. The molecule has 0 aliphatic carbocycles. The Bertz CT molecular complexity index is 437. The Labute approximate surface area is 114 Å². The summed E-state index contributed by atoms with van der Waals surface area (Å²) in [4.78, 5) is 14.3. The van der Waals surface area contributed by atoms with Crippen LogP contribution in [0, 0.1) is 0 Å². The zero-order chi connectivity index (χ0) is 13.8. The zero-order valence-corrected chi connectivity index (χ0v) is 11.7. The second-order valence-corrected chi connectivity index (χ2v) is 4.72. The summed E-state index contributed by atoms with van der Waals surface area (Å²) in [5.41, 5.74) is 9.10. The average molecular weight is 262 g/mol. The number of rotatable bonds is 4. The van der Waals surface area contributed by atoms with Crippen LogP contribution in [0.15, 0.2) is 18.2 Å². The van der Waals surface area contributed by atoms with Gasteiger partial charge in [0, 0.05) is 13.1 Å². The van der Waals surface area contributed by atoms with Crippen molar-refractivity contribution in [2.45, 2.75) is 32.8 Å². The molecule has 104 valence electrons. The Hall–Kier alpha value is -1.39. The molecule has 0 bridgehead atoms.